The first-order chi connectivity index (χ1) is 5.55. The summed E-state index contributed by atoms with van der Waals surface area (Å²) in [6, 6.07) is 0.451. The standard InChI is InChI=1S/C10H22NO.H2O/c1-11(2,3)10(8-12)9-6-4-5-7-9;/h9-10,12H,4-8H2,1-3H3;1H2/q+1;/p-1. The number of quaternary nitrogens is 1. The highest BCUT2D eigenvalue weighted by atomic mass is 16.3. The second-order valence-electron chi connectivity index (χ2n) is 4.91. The second-order valence-corrected chi connectivity index (χ2v) is 4.91. The Morgan fingerprint density at radius 3 is 2.00 bits per heavy atom. The SMILES string of the molecule is C[N+](C)(C)C(CO)C1CCCC1.[OH-]. The van der Waals surface area contributed by atoms with Crippen LogP contribution in [0.15, 0.2) is 0 Å². The van der Waals surface area contributed by atoms with Crippen LogP contribution < -0.4 is 0 Å². The van der Waals surface area contributed by atoms with Gasteiger partial charge in [0, 0.05) is 5.92 Å². The molecule has 0 bridgehead atoms. The van der Waals surface area contributed by atoms with Crippen LogP contribution in [0.5, 0.6) is 0 Å². The molecule has 0 spiro atoms. The molecule has 1 aliphatic carbocycles. The topological polar surface area (TPSA) is 50.2 Å². The van der Waals surface area contributed by atoms with Crippen molar-refractivity contribution in [2.75, 3.05) is 27.7 Å². The molecule has 1 aliphatic rings. The van der Waals surface area contributed by atoms with Crippen molar-refractivity contribution in [2.24, 2.45) is 5.92 Å². The first kappa shape index (κ1) is 12.9. The van der Waals surface area contributed by atoms with Crippen molar-refractivity contribution in [1.29, 1.82) is 0 Å². The van der Waals surface area contributed by atoms with Gasteiger partial charge in [0.15, 0.2) is 0 Å². The number of hydrogen-bond acceptors (Lipinski definition) is 2. The Balaban J connectivity index is 0.00000144. The van der Waals surface area contributed by atoms with Crippen LogP contribution in [0.2, 0.25) is 0 Å². The summed E-state index contributed by atoms with van der Waals surface area (Å²) >= 11 is 0. The molecule has 1 unspecified atom stereocenters. The van der Waals surface area contributed by atoms with Gasteiger partial charge < -0.3 is 15.1 Å². The van der Waals surface area contributed by atoms with Crippen LogP contribution in [0.25, 0.3) is 0 Å². The smallest absolute Gasteiger partial charge is 0.115 e. The summed E-state index contributed by atoms with van der Waals surface area (Å²) in [5.74, 6) is 0.759. The van der Waals surface area contributed by atoms with Crippen molar-refractivity contribution >= 4 is 0 Å². The van der Waals surface area contributed by atoms with Gasteiger partial charge in [0.2, 0.25) is 0 Å². The van der Waals surface area contributed by atoms with Crippen LogP contribution in [-0.4, -0.2) is 48.9 Å². The molecule has 0 radical (unpaired) electrons. The van der Waals surface area contributed by atoms with Gasteiger partial charge in [0.05, 0.1) is 27.7 Å². The Kier molecular flexibility index (Phi) is 4.89. The minimum atomic E-state index is 0. The van der Waals surface area contributed by atoms with Gasteiger partial charge in [-0.15, -0.1) is 0 Å². The first-order valence-corrected chi connectivity index (χ1v) is 4.97. The molecule has 0 aromatic rings. The summed E-state index contributed by atoms with van der Waals surface area (Å²) in [5, 5.41) is 9.31. The van der Waals surface area contributed by atoms with Gasteiger partial charge in [0.25, 0.3) is 0 Å². The molecule has 0 amide bonds. The summed E-state index contributed by atoms with van der Waals surface area (Å²) < 4.78 is 0.904. The molecular formula is C10H23NO2. The fraction of sp³-hybridized carbons (Fsp3) is 1.00. The molecule has 1 fully saturated rings. The Hall–Kier alpha value is -0.120. The van der Waals surface area contributed by atoms with Crippen LogP contribution in [0.1, 0.15) is 25.7 Å². The van der Waals surface area contributed by atoms with Crippen molar-refractivity contribution in [3.63, 3.8) is 0 Å². The third kappa shape index (κ3) is 3.25. The molecule has 1 saturated carbocycles. The molecule has 0 aliphatic heterocycles. The fourth-order valence-corrected chi connectivity index (χ4v) is 2.37. The molecule has 0 aromatic heterocycles. The van der Waals surface area contributed by atoms with Gasteiger partial charge in [0.1, 0.15) is 6.04 Å². The summed E-state index contributed by atoms with van der Waals surface area (Å²) in [6.07, 6.45) is 5.36. The predicted octanol–water partition coefficient (Wildman–Crippen LogP) is 1.07. The normalized spacial score (nSPS) is 21.2. The van der Waals surface area contributed by atoms with Crippen LogP contribution in [0.3, 0.4) is 0 Å². The molecule has 3 nitrogen and oxygen atoms in total. The molecule has 80 valence electrons. The van der Waals surface area contributed by atoms with Crippen molar-refractivity contribution in [3.8, 4) is 0 Å². The van der Waals surface area contributed by atoms with Gasteiger partial charge in [-0.2, -0.15) is 0 Å². The van der Waals surface area contributed by atoms with E-state index in [-0.39, 0.29) is 5.48 Å². The second kappa shape index (κ2) is 4.94. The third-order valence-electron chi connectivity index (χ3n) is 3.13. The molecule has 13 heavy (non-hydrogen) atoms. The monoisotopic (exact) mass is 189 g/mol. The number of nitrogens with zero attached hydrogens (tertiary/aromatic N) is 1. The van der Waals surface area contributed by atoms with E-state index in [0.717, 1.165) is 10.4 Å². The third-order valence-corrected chi connectivity index (χ3v) is 3.13. The van der Waals surface area contributed by atoms with E-state index in [4.69, 9.17) is 0 Å². The van der Waals surface area contributed by atoms with E-state index in [1.54, 1.807) is 0 Å². The maximum absolute atomic E-state index is 9.31. The van der Waals surface area contributed by atoms with Gasteiger partial charge in [-0.05, 0) is 12.8 Å². The van der Waals surface area contributed by atoms with Gasteiger partial charge >= 0.3 is 0 Å². The van der Waals surface area contributed by atoms with Crippen molar-refractivity contribution in [2.45, 2.75) is 31.7 Å². The van der Waals surface area contributed by atoms with E-state index < -0.39 is 0 Å². The Bertz CT molecular complexity index is 136. The molecule has 0 aromatic carbocycles. The maximum atomic E-state index is 9.31. The van der Waals surface area contributed by atoms with E-state index in [9.17, 15) is 5.11 Å². The largest absolute Gasteiger partial charge is 0.870 e. The average molecular weight is 189 g/mol. The lowest BCUT2D eigenvalue weighted by atomic mass is 9.96. The number of aliphatic hydroxyl groups is 1. The van der Waals surface area contributed by atoms with E-state index in [2.05, 4.69) is 21.1 Å². The Morgan fingerprint density at radius 1 is 1.23 bits per heavy atom. The number of rotatable bonds is 3. The fourth-order valence-electron chi connectivity index (χ4n) is 2.37. The molecule has 3 heteroatoms. The lowest BCUT2D eigenvalue weighted by Gasteiger charge is -2.36. The maximum Gasteiger partial charge on any atom is 0.115 e. The highest BCUT2D eigenvalue weighted by Crippen LogP contribution is 2.31. The minimum absolute atomic E-state index is 0. The molecule has 0 saturated heterocycles. The molecular weight excluding hydrogens is 166 g/mol. The van der Waals surface area contributed by atoms with Crippen LogP contribution >= 0.6 is 0 Å². The predicted molar refractivity (Wildman–Crippen MR) is 52.8 cm³/mol. The lowest BCUT2D eigenvalue weighted by Crippen LogP contribution is -2.50. The Morgan fingerprint density at radius 2 is 1.69 bits per heavy atom. The summed E-state index contributed by atoms with van der Waals surface area (Å²) in [6.45, 7) is 0.341. The zero-order valence-electron chi connectivity index (χ0n) is 9.03. The highest BCUT2D eigenvalue weighted by Gasteiger charge is 2.33. The van der Waals surface area contributed by atoms with Crippen molar-refractivity contribution in [3.05, 3.63) is 0 Å². The summed E-state index contributed by atoms with van der Waals surface area (Å²) in [5.41, 5.74) is 0. The number of aliphatic hydroxyl groups excluding tert-OH is 1. The first-order valence-electron chi connectivity index (χ1n) is 4.97. The van der Waals surface area contributed by atoms with Crippen molar-refractivity contribution < 1.29 is 15.1 Å². The molecule has 1 atom stereocenters. The van der Waals surface area contributed by atoms with E-state index >= 15 is 0 Å². The summed E-state index contributed by atoms with van der Waals surface area (Å²) in [7, 11) is 6.54. The van der Waals surface area contributed by atoms with Gasteiger partial charge in [-0.3, -0.25) is 0 Å². The quantitative estimate of drug-likeness (QED) is 0.675. The van der Waals surface area contributed by atoms with Crippen LogP contribution in [0, 0.1) is 5.92 Å². The molecule has 1 rings (SSSR count). The zero-order valence-corrected chi connectivity index (χ0v) is 9.03. The molecule has 2 N–H and O–H groups in total. The minimum Gasteiger partial charge on any atom is -0.870 e. The lowest BCUT2D eigenvalue weighted by molar-refractivity contribution is -0.900. The number of likely N-dealkylation sites (N-methyl/N-ethyl adjacent to an activating group) is 1. The number of hydrogen-bond donors (Lipinski definition) is 1. The van der Waals surface area contributed by atoms with Crippen molar-refractivity contribution in [1.82, 2.24) is 0 Å². The van der Waals surface area contributed by atoms with Crippen LogP contribution in [0.4, 0.5) is 0 Å². The van der Waals surface area contributed by atoms with Crippen LogP contribution in [-0.2, 0) is 0 Å². The Labute approximate surface area is 81.3 Å². The highest BCUT2D eigenvalue weighted by molar-refractivity contribution is 4.75. The van der Waals surface area contributed by atoms with E-state index in [0.29, 0.717) is 12.6 Å². The summed E-state index contributed by atoms with van der Waals surface area (Å²) in [4.78, 5) is 0. The zero-order chi connectivity index (χ0) is 9.19. The van der Waals surface area contributed by atoms with E-state index in [1.807, 2.05) is 0 Å². The van der Waals surface area contributed by atoms with Gasteiger partial charge in [-0.1, -0.05) is 12.8 Å². The average Bonchev–Trinajstić information content (AvgIpc) is 2.38. The van der Waals surface area contributed by atoms with Gasteiger partial charge in [-0.25, -0.2) is 0 Å². The molecule has 0 heterocycles. The van der Waals surface area contributed by atoms with E-state index in [1.165, 1.54) is 25.7 Å².